The molecule has 0 saturated heterocycles. The fraction of sp³-hybridized carbons (Fsp3) is 0.188. The van der Waals surface area contributed by atoms with Crippen molar-refractivity contribution in [3.63, 3.8) is 0 Å². The van der Waals surface area contributed by atoms with E-state index in [0.717, 1.165) is 50.2 Å². The molecule has 8 heteroatoms. The number of fused-ring (bicyclic) bond motifs is 3. The van der Waals surface area contributed by atoms with Gasteiger partial charge >= 0.3 is 0 Å². The lowest BCUT2D eigenvalue weighted by atomic mass is 9.99. The van der Waals surface area contributed by atoms with Crippen molar-refractivity contribution in [1.29, 1.82) is 0 Å². The first-order valence-electron chi connectivity index (χ1n) is 13.2. The second kappa shape index (κ2) is 10.9. The number of rotatable bonds is 7. The van der Waals surface area contributed by atoms with Crippen molar-refractivity contribution in [2.75, 3.05) is 5.32 Å². The van der Waals surface area contributed by atoms with Crippen LogP contribution in [0, 0.1) is 20.8 Å². The summed E-state index contributed by atoms with van der Waals surface area (Å²) in [5.41, 5.74) is 5.88. The van der Waals surface area contributed by atoms with E-state index in [1.807, 2.05) is 91.9 Å². The van der Waals surface area contributed by atoms with E-state index in [2.05, 4.69) is 33.9 Å². The molecule has 2 aromatic heterocycles. The average Bonchev–Trinajstić information content (AvgIpc) is 3.45. The summed E-state index contributed by atoms with van der Waals surface area (Å²) in [6.45, 7) is 6.69. The van der Waals surface area contributed by atoms with Crippen LogP contribution in [0.4, 0.5) is 5.69 Å². The average molecular weight is 548 g/mol. The van der Waals surface area contributed by atoms with Crippen molar-refractivity contribution in [3.8, 4) is 10.8 Å². The summed E-state index contributed by atoms with van der Waals surface area (Å²) in [6.07, 6.45) is 0.141. The number of aromatic nitrogens is 3. The number of nitrogens with zero attached hydrogens (tertiary/aromatic N) is 4. The molecule has 3 heterocycles. The topological polar surface area (TPSA) is 81.4 Å². The molecule has 0 fully saturated rings. The van der Waals surface area contributed by atoms with E-state index in [-0.39, 0.29) is 12.3 Å². The molecule has 5 aromatic rings. The Morgan fingerprint density at radius 2 is 1.62 bits per heavy atom. The van der Waals surface area contributed by atoms with E-state index in [1.165, 1.54) is 4.88 Å². The van der Waals surface area contributed by atoms with Crippen LogP contribution in [0.3, 0.4) is 0 Å². The van der Waals surface area contributed by atoms with Crippen LogP contribution in [-0.4, -0.2) is 26.4 Å². The quantitative estimate of drug-likeness (QED) is 0.244. The zero-order chi connectivity index (χ0) is 27.6. The van der Waals surface area contributed by atoms with Crippen LogP contribution in [0.25, 0.3) is 5.00 Å². The first kappa shape index (κ1) is 25.7. The van der Waals surface area contributed by atoms with E-state index in [9.17, 15) is 4.79 Å². The van der Waals surface area contributed by atoms with Crippen LogP contribution in [-0.2, 0) is 11.4 Å². The highest BCUT2D eigenvalue weighted by molar-refractivity contribution is 7.15. The van der Waals surface area contributed by atoms with Gasteiger partial charge in [-0.25, -0.2) is 0 Å². The van der Waals surface area contributed by atoms with Crippen LogP contribution in [0.2, 0.25) is 0 Å². The van der Waals surface area contributed by atoms with Crippen LogP contribution >= 0.6 is 11.3 Å². The van der Waals surface area contributed by atoms with Gasteiger partial charge in [0, 0.05) is 21.7 Å². The minimum atomic E-state index is -0.506. The number of benzene rings is 3. The molecule has 0 bridgehead atoms. The van der Waals surface area contributed by atoms with Gasteiger partial charge < -0.3 is 10.1 Å². The van der Waals surface area contributed by atoms with Crippen LogP contribution in [0.15, 0.2) is 89.9 Å². The van der Waals surface area contributed by atoms with Crippen LogP contribution < -0.4 is 10.1 Å². The lowest BCUT2D eigenvalue weighted by molar-refractivity contribution is -0.116. The lowest BCUT2D eigenvalue weighted by Gasteiger charge is -2.13. The van der Waals surface area contributed by atoms with Crippen LogP contribution in [0.5, 0.6) is 5.75 Å². The molecular formula is C32H29N5O2S. The van der Waals surface area contributed by atoms with Gasteiger partial charge in [-0.1, -0.05) is 48.5 Å². The Labute approximate surface area is 237 Å². The smallest absolute Gasteiger partial charge is 0.227 e. The molecule has 3 aromatic carbocycles. The molecule has 1 aliphatic heterocycles. The van der Waals surface area contributed by atoms with Gasteiger partial charge in [0.05, 0.1) is 12.1 Å². The first-order chi connectivity index (χ1) is 19.5. The summed E-state index contributed by atoms with van der Waals surface area (Å²) in [7, 11) is 0. The van der Waals surface area contributed by atoms with Crippen molar-refractivity contribution in [2.24, 2.45) is 4.99 Å². The summed E-state index contributed by atoms with van der Waals surface area (Å²) < 4.78 is 8.09. The summed E-state index contributed by atoms with van der Waals surface area (Å²) in [5, 5.41) is 12.9. The summed E-state index contributed by atoms with van der Waals surface area (Å²) in [5.74, 6) is 2.09. The van der Waals surface area contributed by atoms with Crippen molar-refractivity contribution in [1.82, 2.24) is 14.8 Å². The van der Waals surface area contributed by atoms with Crippen LogP contribution in [0.1, 0.15) is 51.2 Å². The third-order valence-corrected chi connectivity index (χ3v) is 8.24. The number of para-hydroxylation sites is 1. The monoisotopic (exact) mass is 547 g/mol. The summed E-state index contributed by atoms with van der Waals surface area (Å²) >= 11 is 1.70. The normalized spacial score (nSPS) is 14.1. The summed E-state index contributed by atoms with van der Waals surface area (Å²) in [4.78, 5) is 19.6. The molecule has 1 N–H and O–H groups in total. The van der Waals surface area contributed by atoms with Gasteiger partial charge in [0.2, 0.25) is 5.91 Å². The van der Waals surface area contributed by atoms with Crippen molar-refractivity contribution in [3.05, 3.63) is 124 Å². The Bertz CT molecular complexity index is 1690. The number of amides is 1. The molecule has 6 rings (SSSR count). The van der Waals surface area contributed by atoms with E-state index in [0.29, 0.717) is 12.4 Å². The standard InChI is InChI=1S/C32H29N5O2S/c1-20-21(2)40-32-29(20)30(24-14-16-26(17-15-24)39-19-23-10-6-4-7-11-23)34-27(31-36-35-22(3)37(31)32)18-28(38)33-25-12-8-5-9-13-25/h4-17,27H,18-19H2,1-3H3,(H,33,38)/t27-/m0/s1. The maximum atomic E-state index is 13.2. The molecule has 1 aliphatic rings. The van der Waals surface area contributed by atoms with Crippen molar-refractivity contribution < 1.29 is 9.53 Å². The predicted octanol–water partition coefficient (Wildman–Crippen LogP) is 6.75. The molecule has 0 unspecified atom stereocenters. The number of nitrogens with one attached hydrogen (secondary N) is 1. The van der Waals surface area contributed by atoms with E-state index in [1.54, 1.807) is 11.3 Å². The van der Waals surface area contributed by atoms with Crippen molar-refractivity contribution in [2.45, 2.75) is 39.8 Å². The number of aryl methyl sites for hydroxylation is 2. The van der Waals surface area contributed by atoms with E-state index >= 15 is 0 Å². The third-order valence-electron chi connectivity index (χ3n) is 7.05. The van der Waals surface area contributed by atoms with Gasteiger partial charge in [-0.05, 0) is 68.3 Å². The highest BCUT2D eigenvalue weighted by Crippen LogP contribution is 2.39. The maximum absolute atomic E-state index is 13.2. The van der Waals surface area contributed by atoms with Gasteiger partial charge in [-0.3, -0.25) is 14.4 Å². The zero-order valence-corrected chi connectivity index (χ0v) is 23.4. The van der Waals surface area contributed by atoms with Crippen molar-refractivity contribution >= 4 is 28.6 Å². The SMILES string of the molecule is Cc1sc2c(c1C)C(c1ccc(OCc3ccccc3)cc1)=N[C@@H](CC(=O)Nc1ccccc1)c1nnc(C)n1-2. The van der Waals surface area contributed by atoms with Gasteiger partial charge in [0.1, 0.15) is 29.2 Å². The maximum Gasteiger partial charge on any atom is 0.227 e. The number of ether oxygens (including phenoxy) is 1. The Balaban J connectivity index is 1.36. The largest absolute Gasteiger partial charge is 0.489 e. The minimum absolute atomic E-state index is 0.130. The number of carbonyl (C=O) groups is 1. The molecule has 1 amide bonds. The molecule has 40 heavy (non-hydrogen) atoms. The number of aliphatic imine (C=N–C) groups is 1. The number of hydrogen-bond donors (Lipinski definition) is 1. The molecule has 200 valence electrons. The molecular weight excluding hydrogens is 518 g/mol. The van der Waals surface area contributed by atoms with Gasteiger partial charge in [-0.15, -0.1) is 21.5 Å². The summed E-state index contributed by atoms with van der Waals surface area (Å²) in [6, 6.07) is 27.1. The third kappa shape index (κ3) is 5.05. The van der Waals surface area contributed by atoms with Gasteiger partial charge in [-0.2, -0.15) is 0 Å². The predicted molar refractivity (Wildman–Crippen MR) is 159 cm³/mol. The molecule has 7 nitrogen and oxygen atoms in total. The second-order valence-corrected chi connectivity index (χ2v) is 11.0. The fourth-order valence-corrected chi connectivity index (χ4v) is 6.10. The number of anilines is 1. The molecule has 0 spiro atoms. The fourth-order valence-electron chi connectivity index (χ4n) is 4.88. The lowest BCUT2D eigenvalue weighted by Crippen LogP contribution is -2.17. The highest BCUT2D eigenvalue weighted by Gasteiger charge is 2.32. The molecule has 0 saturated carbocycles. The van der Waals surface area contributed by atoms with E-state index in [4.69, 9.17) is 9.73 Å². The number of thiophene rings is 1. The number of hydrogen-bond acceptors (Lipinski definition) is 6. The van der Waals surface area contributed by atoms with E-state index < -0.39 is 6.04 Å². The Morgan fingerprint density at radius 1 is 0.925 bits per heavy atom. The zero-order valence-electron chi connectivity index (χ0n) is 22.6. The highest BCUT2D eigenvalue weighted by atomic mass is 32.1. The second-order valence-electron chi connectivity index (χ2n) is 9.81. The van der Waals surface area contributed by atoms with Gasteiger partial charge in [0.15, 0.2) is 5.82 Å². The Hall–Kier alpha value is -4.56. The number of carbonyl (C=O) groups excluding carboxylic acids is 1. The first-order valence-corrected chi connectivity index (χ1v) is 14.0. The molecule has 0 aliphatic carbocycles. The van der Waals surface area contributed by atoms with Gasteiger partial charge in [0.25, 0.3) is 0 Å². The molecule has 1 atom stereocenters. The Kier molecular flexibility index (Phi) is 7.00. The molecule has 0 radical (unpaired) electrons. The minimum Gasteiger partial charge on any atom is -0.489 e. The Morgan fingerprint density at radius 3 is 2.35 bits per heavy atom.